The summed E-state index contributed by atoms with van der Waals surface area (Å²) >= 11 is 1.53. The molecule has 0 N–H and O–H groups in total. The molecule has 0 bridgehead atoms. The lowest BCUT2D eigenvalue weighted by atomic mass is 10.2. The highest BCUT2D eigenvalue weighted by atomic mass is 32.1. The van der Waals surface area contributed by atoms with Crippen molar-refractivity contribution in [2.75, 3.05) is 6.54 Å². The number of aryl methyl sites for hydroxylation is 2. The summed E-state index contributed by atoms with van der Waals surface area (Å²) in [6.45, 7) is 4.80. The van der Waals surface area contributed by atoms with E-state index in [4.69, 9.17) is 4.52 Å². The van der Waals surface area contributed by atoms with E-state index in [1.54, 1.807) is 0 Å². The maximum atomic E-state index is 13.0. The molecule has 2 aromatic heterocycles. The predicted octanol–water partition coefficient (Wildman–Crippen LogP) is 3.64. The number of likely N-dealkylation sites (tertiary alicyclic amines) is 1. The Morgan fingerprint density at radius 3 is 2.92 bits per heavy atom. The zero-order valence-corrected chi connectivity index (χ0v) is 14.9. The molecule has 2 fully saturated rings. The van der Waals surface area contributed by atoms with Crippen LogP contribution in [-0.4, -0.2) is 32.5 Å². The molecule has 0 aromatic carbocycles. The lowest BCUT2D eigenvalue weighted by Gasteiger charge is -2.21. The fraction of sp³-hybridized carbons (Fsp3) is 0.647. The van der Waals surface area contributed by atoms with Crippen molar-refractivity contribution in [2.24, 2.45) is 0 Å². The summed E-state index contributed by atoms with van der Waals surface area (Å²) in [5.74, 6) is 1.91. The van der Waals surface area contributed by atoms with Gasteiger partial charge in [-0.05, 0) is 45.4 Å². The topological polar surface area (TPSA) is 72.1 Å². The predicted molar refractivity (Wildman–Crippen MR) is 90.1 cm³/mol. The van der Waals surface area contributed by atoms with Crippen molar-refractivity contribution in [2.45, 2.75) is 64.3 Å². The Morgan fingerprint density at radius 2 is 2.17 bits per heavy atom. The standard InChI is InChI=1S/C17H22N4O2S/c1-3-5-13-18-10(2)14(24-13)17(22)21-9-4-6-12(21)15-19-16(23-20-15)11-7-8-11/h11-12H,3-9H2,1-2H3. The second-order valence-corrected chi connectivity index (χ2v) is 7.78. The number of thiazole rings is 1. The number of rotatable bonds is 5. The molecule has 24 heavy (non-hydrogen) atoms. The molecule has 2 aromatic rings. The SMILES string of the molecule is CCCc1nc(C)c(C(=O)N2CCCC2c2noc(C3CC3)n2)s1. The molecule has 1 unspecified atom stereocenters. The van der Waals surface area contributed by atoms with Crippen LogP contribution in [0.1, 0.15) is 83.1 Å². The van der Waals surface area contributed by atoms with Crippen LogP contribution in [-0.2, 0) is 6.42 Å². The lowest BCUT2D eigenvalue weighted by Crippen LogP contribution is -2.31. The normalized spacial score (nSPS) is 20.8. The van der Waals surface area contributed by atoms with Crippen molar-refractivity contribution in [1.82, 2.24) is 20.0 Å². The molecule has 1 aliphatic heterocycles. The minimum absolute atomic E-state index is 0.0626. The second kappa shape index (κ2) is 6.27. The Labute approximate surface area is 145 Å². The van der Waals surface area contributed by atoms with E-state index in [2.05, 4.69) is 22.0 Å². The molecule has 1 amide bonds. The van der Waals surface area contributed by atoms with Crippen LogP contribution in [0.25, 0.3) is 0 Å². The molecule has 6 nitrogen and oxygen atoms in total. The van der Waals surface area contributed by atoms with Gasteiger partial charge in [0.15, 0.2) is 5.82 Å². The van der Waals surface area contributed by atoms with E-state index < -0.39 is 0 Å². The quantitative estimate of drug-likeness (QED) is 0.826. The maximum absolute atomic E-state index is 13.0. The van der Waals surface area contributed by atoms with Crippen molar-refractivity contribution >= 4 is 17.2 Å². The van der Waals surface area contributed by atoms with E-state index in [0.717, 1.165) is 66.5 Å². The maximum Gasteiger partial charge on any atom is 0.266 e. The van der Waals surface area contributed by atoms with Gasteiger partial charge < -0.3 is 9.42 Å². The second-order valence-electron chi connectivity index (χ2n) is 6.69. The number of aromatic nitrogens is 3. The number of nitrogens with zero attached hydrogens (tertiary/aromatic N) is 4. The molecule has 1 atom stereocenters. The first-order valence-electron chi connectivity index (χ1n) is 8.78. The third-order valence-electron chi connectivity index (χ3n) is 4.69. The monoisotopic (exact) mass is 346 g/mol. The molecule has 4 rings (SSSR count). The molecule has 0 radical (unpaired) electrons. The number of hydrogen-bond acceptors (Lipinski definition) is 6. The highest BCUT2D eigenvalue weighted by Gasteiger charge is 2.37. The largest absolute Gasteiger partial charge is 0.339 e. The molecule has 2 aliphatic rings. The van der Waals surface area contributed by atoms with Gasteiger partial charge in [-0.3, -0.25) is 4.79 Å². The smallest absolute Gasteiger partial charge is 0.266 e. The Hall–Kier alpha value is -1.76. The van der Waals surface area contributed by atoms with Gasteiger partial charge in [-0.2, -0.15) is 4.98 Å². The van der Waals surface area contributed by atoms with E-state index in [-0.39, 0.29) is 11.9 Å². The molecule has 128 valence electrons. The summed E-state index contributed by atoms with van der Waals surface area (Å²) < 4.78 is 5.39. The van der Waals surface area contributed by atoms with Crippen LogP contribution >= 0.6 is 11.3 Å². The molecular formula is C17H22N4O2S. The van der Waals surface area contributed by atoms with Crippen LogP contribution in [0, 0.1) is 6.92 Å². The number of carbonyl (C=O) groups excluding carboxylic acids is 1. The van der Waals surface area contributed by atoms with Crippen molar-refractivity contribution in [3.8, 4) is 0 Å². The van der Waals surface area contributed by atoms with Crippen LogP contribution in [0.5, 0.6) is 0 Å². The summed E-state index contributed by atoms with van der Waals surface area (Å²) in [6, 6.07) is -0.0649. The number of hydrogen-bond donors (Lipinski definition) is 0. The van der Waals surface area contributed by atoms with Crippen LogP contribution in [0.2, 0.25) is 0 Å². The van der Waals surface area contributed by atoms with Gasteiger partial charge in [0.1, 0.15) is 4.88 Å². The molecule has 1 saturated carbocycles. The molecule has 0 spiro atoms. The average molecular weight is 346 g/mol. The third-order valence-corrected chi connectivity index (χ3v) is 5.90. The highest BCUT2D eigenvalue weighted by molar-refractivity contribution is 7.13. The molecular weight excluding hydrogens is 324 g/mol. The van der Waals surface area contributed by atoms with Gasteiger partial charge in [-0.25, -0.2) is 4.98 Å². The Balaban J connectivity index is 1.56. The van der Waals surface area contributed by atoms with Crippen molar-refractivity contribution in [3.05, 3.63) is 27.3 Å². The van der Waals surface area contributed by atoms with Crippen LogP contribution < -0.4 is 0 Å². The van der Waals surface area contributed by atoms with Crippen molar-refractivity contribution in [3.63, 3.8) is 0 Å². The minimum atomic E-state index is -0.0649. The number of carbonyl (C=O) groups is 1. The third kappa shape index (κ3) is 2.85. The summed E-state index contributed by atoms with van der Waals surface area (Å²) in [5, 5.41) is 5.20. The first kappa shape index (κ1) is 15.7. The average Bonchev–Trinajstić information content (AvgIpc) is 3.00. The van der Waals surface area contributed by atoms with Gasteiger partial charge in [0.2, 0.25) is 5.89 Å². The highest BCUT2D eigenvalue weighted by Crippen LogP contribution is 2.40. The van der Waals surface area contributed by atoms with Crippen LogP contribution in [0.4, 0.5) is 0 Å². The van der Waals surface area contributed by atoms with Gasteiger partial charge in [0.25, 0.3) is 5.91 Å². The fourth-order valence-corrected chi connectivity index (χ4v) is 4.38. The Kier molecular flexibility index (Phi) is 4.12. The van der Waals surface area contributed by atoms with Crippen molar-refractivity contribution in [1.29, 1.82) is 0 Å². The summed E-state index contributed by atoms with van der Waals surface area (Å²) in [5.41, 5.74) is 0.839. The van der Waals surface area contributed by atoms with Gasteiger partial charge in [0, 0.05) is 12.5 Å². The first-order chi connectivity index (χ1) is 11.7. The first-order valence-corrected chi connectivity index (χ1v) is 9.59. The fourth-order valence-electron chi connectivity index (χ4n) is 3.26. The van der Waals surface area contributed by atoms with E-state index in [0.29, 0.717) is 11.7 Å². The summed E-state index contributed by atoms with van der Waals surface area (Å²) in [7, 11) is 0. The van der Waals surface area contributed by atoms with Crippen LogP contribution in [0.3, 0.4) is 0 Å². The molecule has 7 heteroatoms. The van der Waals surface area contributed by atoms with E-state index in [1.807, 2.05) is 11.8 Å². The van der Waals surface area contributed by atoms with Gasteiger partial charge >= 0.3 is 0 Å². The molecule has 1 aliphatic carbocycles. The van der Waals surface area contributed by atoms with Crippen molar-refractivity contribution < 1.29 is 9.32 Å². The number of amides is 1. The van der Waals surface area contributed by atoms with Gasteiger partial charge in [-0.1, -0.05) is 12.1 Å². The van der Waals surface area contributed by atoms with E-state index in [1.165, 1.54) is 11.3 Å². The summed E-state index contributed by atoms with van der Waals surface area (Å²) in [6.07, 6.45) is 6.11. The molecule has 1 saturated heterocycles. The van der Waals surface area contributed by atoms with Gasteiger partial charge in [0.05, 0.1) is 16.7 Å². The zero-order valence-electron chi connectivity index (χ0n) is 14.1. The Bertz CT molecular complexity index is 750. The van der Waals surface area contributed by atoms with E-state index in [9.17, 15) is 4.79 Å². The minimum Gasteiger partial charge on any atom is -0.339 e. The molecule has 3 heterocycles. The van der Waals surface area contributed by atoms with E-state index >= 15 is 0 Å². The van der Waals surface area contributed by atoms with Crippen LogP contribution in [0.15, 0.2) is 4.52 Å². The lowest BCUT2D eigenvalue weighted by molar-refractivity contribution is 0.0732. The summed E-state index contributed by atoms with van der Waals surface area (Å²) in [4.78, 5) is 24.8. The zero-order chi connectivity index (χ0) is 16.7. The van der Waals surface area contributed by atoms with Gasteiger partial charge in [-0.15, -0.1) is 11.3 Å². The Morgan fingerprint density at radius 1 is 1.33 bits per heavy atom.